The summed E-state index contributed by atoms with van der Waals surface area (Å²) in [6.07, 6.45) is 3.18. The van der Waals surface area contributed by atoms with Gasteiger partial charge in [-0.05, 0) is 64.7 Å². The summed E-state index contributed by atoms with van der Waals surface area (Å²) in [7, 11) is -2.85. The van der Waals surface area contributed by atoms with Gasteiger partial charge in [0.15, 0.2) is 0 Å². The quantitative estimate of drug-likeness (QED) is 0.421. The molecule has 1 aromatic heterocycles. The molecule has 166 valence electrons. The van der Waals surface area contributed by atoms with E-state index < -0.39 is 13.3 Å². The van der Waals surface area contributed by atoms with E-state index in [9.17, 15) is 14.5 Å². The Balaban J connectivity index is 1.62. The van der Waals surface area contributed by atoms with E-state index in [2.05, 4.69) is 17.2 Å². The lowest BCUT2D eigenvalue weighted by molar-refractivity contribution is 0.0703. The Morgan fingerprint density at radius 2 is 1.84 bits per heavy atom. The molecule has 7 heteroatoms. The highest BCUT2D eigenvalue weighted by atomic mass is 32.1. The molecule has 1 fully saturated rings. The Kier molecular flexibility index (Phi) is 7.31. The number of aromatic carboxylic acids is 1. The van der Waals surface area contributed by atoms with E-state index in [4.69, 9.17) is 4.52 Å². The zero-order chi connectivity index (χ0) is 22.6. The summed E-state index contributed by atoms with van der Waals surface area (Å²) in [5, 5.41) is 13.7. The van der Waals surface area contributed by atoms with E-state index >= 15 is 0 Å². The van der Waals surface area contributed by atoms with Crippen LogP contribution in [0.2, 0.25) is 0 Å². The number of carbonyl (C=O) groups is 1. The maximum absolute atomic E-state index is 13.0. The third-order valence-corrected chi connectivity index (χ3v) is 8.07. The van der Waals surface area contributed by atoms with Crippen LogP contribution in [0.15, 0.2) is 36.4 Å². The van der Waals surface area contributed by atoms with Gasteiger partial charge in [-0.25, -0.2) is 4.79 Å². The molecule has 0 radical (unpaired) electrons. The minimum absolute atomic E-state index is 0.0521. The Labute approximate surface area is 188 Å². The van der Waals surface area contributed by atoms with Crippen molar-refractivity contribution in [3.05, 3.63) is 46.2 Å². The second-order valence-corrected chi connectivity index (χ2v) is 12.5. The molecule has 2 N–H and O–H groups in total. The van der Waals surface area contributed by atoms with Crippen molar-refractivity contribution in [1.29, 1.82) is 0 Å². The highest BCUT2D eigenvalue weighted by molar-refractivity contribution is 7.66. The lowest BCUT2D eigenvalue weighted by atomic mass is 9.93. The van der Waals surface area contributed by atoms with Crippen LogP contribution in [0.1, 0.15) is 61.0 Å². The highest BCUT2D eigenvalue weighted by Crippen LogP contribution is 2.45. The van der Waals surface area contributed by atoms with Crippen molar-refractivity contribution in [3.8, 4) is 11.8 Å². The molecule has 31 heavy (non-hydrogen) atoms. The van der Waals surface area contributed by atoms with E-state index in [0.717, 1.165) is 35.9 Å². The van der Waals surface area contributed by atoms with Gasteiger partial charge in [-0.15, -0.1) is 11.3 Å². The summed E-state index contributed by atoms with van der Waals surface area (Å²) in [4.78, 5) is 12.7. The summed E-state index contributed by atoms with van der Waals surface area (Å²) in [5.41, 5.74) is 0.489. The fourth-order valence-corrected chi connectivity index (χ4v) is 5.97. The summed E-state index contributed by atoms with van der Waals surface area (Å²) >= 11 is 1.21. The fourth-order valence-electron chi connectivity index (χ4n) is 3.54. The van der Waals surface area contributed by atoms with E-state index in [0.29, 0.717) is 10.6 Å². The molecule has 0 amide bonds. The zero-order valence-electron chi connectivity index (χ0n) is 18.5. The molecule has 0 saturated heterocycles. The van der Waals surface area contributed by atoms with Crippen molar-refractivity contribution in [3.63, 3.8) is 0 Å². The molecular formula is C24H30NO4PS. The van der Waals surface area contributed by atoms with Crippen LogP contribution in [0.5, 0.6) is 0 Å². The van der Waals surface area contributed by atoms with Crippen molar-refractivity contribution >= 4 is 35.7 Å². The molecule has 2 aromatic rings. The van der Waals surface area contributed by atoms with Gasteiger partial charge in [-0.3, -0.25) is 4.57 Å². The first-order chi connectivity index (χ1) is 14.5. The first kappa shape index (κ1) is 23.6. The molecule has 0 spiro atoms. The second kappa shape index (κ2) is 9.61. The molecule has 1 heterocycles. The van der Waals surface area contributed by atoms with Gasteiger partial charge in [0.05, 0.1) is 16.7 Å². The minimum Gasteiger partial charge on any atom is -0.477 e. The molecule has 0 bridgehead atoms. The highest BCUT2D eigenvalue weighted by Gasteiger charge is 2.29. The molecule has 1 aliphatic rings. The van der Waals surface area contributed by atoms with Gasteiger partial charge in [-0.2, -0.15) is 0 Å². The standard InChI is InChI=1S/C24H30NO4PS/c1-24(2,3)15-14-20-16-21(22(31-20)23(26)27)25-17-10-12-18(13-11-17)29-30(4,28)19-8-6-5-7-9-19/h5-9,16-18,25H,10-13H2,1-4H3,(H,26,27)/t17-,18-,30?. The zero-order valence-corrected chi connectivity index (χ0v) is 20.2. The minimum atomic E-state index is -2.85. The van der Waals surface area contributed by atoms with E-state index in [1.54, 1.807) is 6.66 Å². The molecule has 1 saturated carbocycles. The molecule has 0 aliphatic heterocycles. The van der Waals surface area contributed by atoms with Gasteiger partial charge in [0.2, 0.25) is 7.37 Å². The summed E-state index contributed by atoms with van der Waals surface area (Å²) in [6, 6.07) is 11.3. The number of thiophene rings is 1. The fraction of sp³-hybridized carbons (Fsp3) is 0.458. The van der Waals surface area contributed by atoms with Gasteiger partial charge in [0, 0.05) is 23.4 Å². The number of hydrogen-bond donors (Lipinski definition) is 2. The number of carboxylic acid groups (broad SMARTS) is 1. The Bertz CT molecular complexity index is 1020. The van der Waals surface area contributed by atoms with E-state index in [-0.39, 0.29) is 17.6 Å². The van der Waals surface area contributed by atoms with Crippen molar-refractivity contribution in [2.45, 2.75) is 58.6 Å². The van der Waals surface area contributed by atoms with Crippen LogP contribution in [0.4, 0.5) is 5.69 Å². The van der Waals surface area contributed by atoms with Gasteiger partial charge < -0.3 is 14.9 Å². The number of anilines is 1. The average molecular weight is 460 g/mol. The van der Waals surface area contributed by atoms with Crippen LogP contribution in [0, 0.1) is 17.3 Å². The third-order valence-electron chi connectivity index (χ3n) is 5.10. The van der Waals surface area contributed by atoms with Crippen LogP contribution >= 0.6 is 18.7 Å². The first-order valence-corrected chi connectivity index (χ1v) is 13.4. The monoisotopic (exact) mass is 459 g/mol. The Morgan fingerprint density at radius 1 is 1.19 bits per heavy atom. The largest absolute Gasteiger partial charge is 0.477 e. The Hall–Kier alpha value is -2.06. The normalized spacial score (nSPS) is 20.9. The van der Waals surface area contributed by atoms with Crippen LogP contribution in [-0.4, -0.2) is 29.9 Å². The van der Waals surface area contributed by atoms with E-state index in [1.807, 2.05) is 57.2 Å². The van der Waals surface area contributed by atoms with Crippen molar-refractivity contribution in [2.75, 3.05) is 12.0 Å². The second-order valence-electron chi connectivity index (χ2n) is 9.06. The molecule has 3 rings (SSSR count). The van der Waals surface area contributed by atoms with Crippen LogP contribution in [-0.2, 0) is 9.09 Å². The Morgan fingerprint density at radius 3 is 2.42 bits per heavy atom. The molecule has 1 unspecified atom stereocenters. The average Bonchev–Trinajstić information content (AvgIpc) is 3.11. The van der Waals surface area contributed by atoms with Gasteiger partial charge >= 0.3 is 5.97 Å². The maximum atomic E-state index is 13.0. The first-order valence-electron chi connectivity index (χ1n) is 10.5. The van der Waals surface area contributed by atoms with Gasteiger partial charge in [0.25, 0.3) is 0 Å². The number of rotatable bonds is 6. The maximum Gasteiger partial charge on any atom is 0.348 e. The smallest absolute Gasteiger partial charge is 0.348 e. The molecule has 1 atom stereocenters. The molecule has 1 aliphatic carbocycles. The number of nitrogens with one attached hydrogen (secondary N) is 1. The molecular weight excluding hydrogens is 429 g/mol. The van der Waals surface area contributed by atoms with Crippen LogP contribution in [0.25, 0.3) is 0 Å². The number of benzene rings is 1. The molecule has 5 nitrogen and oxygen atoms in total. The van der Waals surface area contributed by atoms with Gasteiger partial charge in [0.1, 0.15) is 4.88 Å². The van der Waals surface area contributed by atoms with Gasteiger partial charge in [-0.1, -0.05) is 30.0 Å². The van der Waals surface area contributed by atoms with Crippen molar-refractivity contribution in [2.24, 2.45) is 5.41 Å². The molecule has 1 aromatic carbocycles. The third kappa shape index (κ3) is 6.71. The summed E-state index contributed by atoms with van der Waals surface area (Å²) in [6.45, 7) is 7.76. The summed E-state index contributed by atoms with van der Waals surface area (Å²) < 4.78 is 19.0. The predicted molar refractivity (Wildman–Crippen MR) is 128 cm³/mol. The topological polar surface area (TPSA) is 75.6 Å². The SMILES string of the molecule is CC(C)(C)C#Cc1cc(N[C@H]2CC[C@H](OP(C)(=O)c3ccccc3)CC2)c(C(=O)O)s1. The lowest BCUT2D eigenvalue weighted by Gasteiger charge is -2.31. The predicted octanol–water partition coefficient (Wildman–Crippen LogP) is 5.82. The summed E-state index contributed by atoms with van der Waals surface area (Å²) in [5.74, 6) is 5.32. The van der Waals surface area contributed by atoms with Crippen LogP contribution < -0.4 is 10.6 Å². The van der Waals surface area contributed by atoms with Crippen LogP contribution in [0.3, 0.4) is 0 Å². The number of carboxylic acids is 1. The van der Waals surface area contributed by atoms with Crippen molar-refractivity contribution < 1.29 is 19.0 Å². The lowest BCUT2D eigenvalue weighted by Crippen LogP contribution is -2.30. The number of hydrogen-bond acceptors (Lipinski definition) is 5. The van der Waals surface area contributed by atoms with Crippen molar-refractivity contribution in [1.82, 2.24) is 0 Å². The van der Waals surface area contributed by atoms with E-state index in [1.165, 1.54) is 11.3 Å².